The number of ether oxygens (including phenoxy) is 1. The van der Waals surface area contributed by atoms with E-state index >= 15 is 0 Å². The van der Waals surface area contributed by atoms with Crippen LogP contribution in [0.3, 0.4) is 0 Å². The van der Waals surface area contributed by atoms with Gasteiger partial charge in [-0.05, 0) is 61.0 Å². The summed E-state index contributed by atoms with van der Waals surface area (Å²) in [6.45, 7) is 2.65. The van der Waals surface area contributed by atoms with Gasteiger partial charge in [-0.1, -0.05) is 29.8 Å². The van der Waals surface area contributed by atoms with Crippen LogP contribution in [0.1, 0.15) is 17.7 Å². The molecular weight excluding hydrogens is 463 g/mol. The van der Waals surface area contributed by atoms with Crippen molar-refractivity contribution >= 4 is 38.8 Å². The molecule has 0 saturated carbocycles. The molecule has 0 aliphatic rings. The number of H-pyrrole nitrogens is 1. The zero-order valence-electron chi connectivity index (χ0n) is 19.1. The summed E-state index contributed by atoms with van der Waals surface area (Å²) >= 11 is 6.69. The van der Waals surface area contributed by atoms with Crippen molar-refractivity contribution in [2.45, 2.75) is 19.8 Å². The van der Waals surface area contributed by atoms with Gasteiger partial charge in [-0.2, -0.15) is 5.10 Å². The molecule has 6 rings (SSSR count). The van der Waals surface area contributed by atoms with Crippen LogP contribution >= 0.6 is 11.6 Å². The number of aromatic amines is 1. The van der Waals surface area contributed by atoms with E-state index < -0.39 is 0 Å². The standard InChI is InChI=1S/C28H22ClFN4O/c1-17-20(5-3-13-35-26-6-2-4-18-14-19(30)7-8-21(18)26)22-9-10-24(29)27(28(22)33-17)23-15-32-34-12-11-31-16-25(23)34/h2,4,6-12,14-16,33H,3,5,13H2,1H3. The molecule has 0 amide bonds. The number of fused-ring (bicyclic) bond motifs is 3. The molecule has 174 valence electrons. The van der Waals surface area contributed by atoms with Gasteiger partial charge in [-0.25, -0.2) is 8.91 Å². The van der Waals surface area contributed by atoms with Crippen molar-refractivity contribution in [3.05, 3.63) is 95.4 Å². The van der Waals surface area contributed by atoms with Crippen LogP contribution in [0.5, 0.6) is 5.75 Å². The van der Waals surface area contributed by atoms with Crippen molar-refractivity contribution in [3.63, 3.8) is 0 Å². The third kappa shape index (κ3) is 3.80. The van der Waals surface area contributed by atoms with Crippen molar-refractivity contribution < 1.29 is 9.13 Å². The second kappa shape index (κ2) is 8.71. The van der Waals surface area contributed by atoms with Gasteiger partial charge in [0.05, 0.1) is 35.1 Å². The predicted molar refractivity (Wildman–Crippen MR) is 138 cm³/mol. The Morgan fingerprint density at radius 1 is 1.09 bits per heavy atom. The Labute approximate surface area is 206 Å². The highest BCUT2D eigenvalue weighted by Crippen LogP contribution is 2.39. The number of halogens is 2. The number of hydrogen-bond acceptors (Lipinski definition) is 3. The van der Waals surface area contributed by atoms with Gasteiger partial charge in [0.1, 0.15) is 11.6 Å². The summed E-state index contributed by atoms with van der Waals surface area (Å²) in [5, 5.41) is 8.02. The van der Waals surface area contributed by atoms with Crippen molar-refractivity contribution in [2.24, 2.45) is 0 Å². The molecule has 0 bridgehead atoms. The average Bonchev–Trinajstić information content (AvgIpc) is 3.42. The van der Waals surface area contributed by atoms with Gasteiger partial charge in [0.25, 0.3) is 0 Å². The highest BCUT2D eigenvalue weighted by Gasteiger charge is 2.18. The van der Waals surface area contributed by atoms with Gasteiger partial charge in [0, 0.05) is 40.0 Å². The van der Waals surface area contributed by atoms with E-state index in [2.05, 4.69) is 28.1 Å². The largest absolute Gasteiger partial charge is 0.493 e. The topological polar surface area (TPSA) is 55.2 Å². The average molecular weight is 485 g/mol. The molecule has 0 saturated heterocycles. The number of hydrogen-bond donors (Lipinski definition) is 1. The minimum absolute atomic E-state index is 0.246. The van der Waals surface area contributed by atoms with Gasteiger partial charge >= 0.3 is 0 Å². The Kier molecular flexibility index (Phi) is 5.38. The fourth-order valence-corrected chi connectivity index (χ4v) is 5.08. The Bertz CT molecular complexity index is 1700. The molecule has 0 aliphatic carbocycles. The van der Waals surface area contributed by atoms with Crippen LogP contribution in [-0.4, -0.2) is 26.2 Å². The van der Waals surface area contributed by atoms with E-state index in [0.29, 0.717) is 11.6 Å². The SMILES string of the molecule is Cc1[nH]c2c(-c3cnn4ccncc34)c(Cl)ccc2c1CCCOc1cccc2cc(F)ccc12. The number of benzene rings is 3. The summed E-state index contributed by atoms with van der Waals surface area (Å²) in [6, 6.07) is 14.5. The maximum Gasteiger partial charge on any atom is 0.127 e. The van der Waals surface area contributed by atoms with Crippen molar-refractivity contribution in [1.29, 1.82) is 0 Å². The van der Waals surface area contributed by atoms with Gasteiger partial charge in [0.15, 0.2) is 0 Å². The minimum atomic E-state index is -0.246. The van der Waals surface area contributed by atoms with E-state index in [1.54, 1.807) is 23.0 Å². The molecule has 0 unspecified atom stereocenters. The van der Waals surface area contributed by atoms with Gasteiger partial charge in [0.2, 0.25) is 0 Å². The van der Waals surface area contributed by atoms with Crippen LogP contribution < -0.4 is 4.74 Å². The molecule has 1 N–H and O–H groups in total. The number of aromatic nitrogens is 4. The third-order valence-corrected chi connectivity index (χ3v) is 6.78. The highest BCUT2D eigenvalue weighted by molar-refractivity contribution is 6.35. The molecule has 0 aliphatic heterocycles. The maximum absolute atomic E-state index is 13.6. The molecule has 0 radical (unpaired) electrons. The molecule has 0 atom stereocenters. The first kappa shape index (κ1) is 21.6. The van der Waals surface area contributed by atoms with E-state index in [0.717, 1.165) is 62.6 Å². The summed E-state index contributed by atoms with van der Waals surface area (Å²) in [5.41, 5.74) is 6.13. The lowest BCUT2D eigenvalue weighted by Gasteiger charge is -2.10. The van der Waals surface area contributed by atoms with Crippen molar-refractivity contribution in [1.82, 2.24) is 19.6 Å². The summed E-state index contributed by atoms with van der Waals surface area (Å²) in [4.78, 5) is 7.81. The van der Waals surface area contributed by atoms with Crippen LogP contribution in [0, 0.1) is 12.7 Å². The van der Waals surface area contributed by atoms with Gasteiger partial charge in [-0.3, -0.25) is 4.98 Å². The zero-order valence-corrected chi connectivity index (χ0v) is 19.8. The fourth-order valence-electron chi connectivity index (χ4n) is 4.82. The zero-order chi connectivity index (χ0) is 23.9. The number of rotatable bonds is 6. The van der Waals surface area contributed by atoms with Gasteiger partial charge < -0.3 is 9.72 Å². The molecule has 3 aromatic carbocycles. The summed E-state index contributed by atoms with van der Waals surface area (Å²) in [7, 11) is 0. The smallest absolute Gasteiger partial charge is 0.127 e. The van der Waals surface area contributed by atoms with Crippen LogP contribution in [0.4, 0.5) is 4.39 Å². The quantitative estimate of drug-likeness (QED) is 0.255. The first-order valence-corrected chi connectivity index (χ1v) is 11.9. The maximum atomic E-state index is 13.6. The molecule has 3 aromatic heterocycles. The lowest BCUT2D eigenvalue weighted by molar-refractivity contribution is 0.314. The van der Waals surface area contributed by atoms with Crippen molar-refractivity contribution in [3.8, 4) is 16.9 Å². The number of nitrogens with zero attached hydrogens (tertiary/aromatic N) is 3. The molecule has 6 aromatic rings. The van der Waals surface area contributed by atoms with Crippen LogP contribution in [0.2, 0.25) is 5.02 Å². The van der Waals surface area contributed by atoms with E-state index in [1.807, 2.05) is 36.7 Å². The number of nitrogens with one attached hydrogen (secondary N) is 1. The Hall–Kier alpha value is -3.90. The lowest BCUT2D eigenvalue weighted by atomic mass is 10.0. The van der Waals surface area contributed by atoms with Crippen LogP contribution in [0.25, 0.3) is 38.3 Å². The normalized spacial score (nSPS) is 11.6. The summed E-state index contributed by atoms with van der Waals surface area (Å²) in [6.07, 6.45) is 8.85. The van der Waals surface area contributed by atoms with Crippen LogP contribution in [0.15, 0.2) is 73.3 Å². The molecule has 0 spiro atoms. The minimum Gasteiger partial charge on any atom is -0.493 e. The highest BCUT2D eigenvalue weighted by atomic mass is 35.5. The first-order valence-electron chi connectivity index (χ1n) is 11.5. The monoisotopic (exact) mass is 484 g/mol. The second-order valence-electron chi connectivity index (χ2n) is 8.61. The third-order valence-electron chi connectivity index (χ3n) is 6.47. The molecular formula is C28H22ClFN4O. The molecule has 3 heterocycles. The summed E-state index contributed by atoms with van der Waals surface area (Å²) in [5.74, 6) is 0.526. The predicted octanol–water partition coefficient (Wildman–Crippen LogP) is 7.14. The first-order chi connectivity index (χ1) is 17.1. The summed E-state index contributed by atoms with van der Waals surface area (Å²) < 4.78 is 21.4. The van der Waals surface area contributed by atoms with E-state index in [1.165, 1.54) is 17.7 Å². The lowest BCUT2D eigenvalue weighted by Crippen LogP contribution is -2.00. The van der Waals surface area contributed by atoms with Crippen molar-refractivity contribution in [2.75, 3.05) is 6.61 Å². The fraction of sp³-hybridized carbons (Fsp3) is 0.143. The molecule has 0 fully saturated rings. The Morgan fingerprint density at radius 3 is 2.89 bits per heavy atom. The Balaban J connectivity index is 1.27. The number of aryl methyl sites for hydroxylation is 2. The molecule has 5 nitrogen and oxygen atoms in total. The van der Waals surface area contributed by atoms with Crippen LogP contribution in [-0.2, 0) is 6.42 Å². The van der Waals surface area contributed by atoms with Gasteiger partial charge in [-0.15, -0.1) is 0 Å². The van der Waals surface area contributed by atoms with E-state index in [4.69, 9.17) is 16.3 Å². The molecule has 7 heteroatoms. The van der Waals surface area contributed by atoms with E-state index in [-0.39, 0.29) is 5.82 Å². The Morgan fingerprint density at radius 2 is 1.97 bits per heavy atom. The molecule has 35 heavy (non-hydrogen) atoms. The second-order valence-corrected chi connectivity index (χ2v) is 9.02. The van der Waals surface area contributed by atoms with E-state index in [9.17, 15) is 4.39 Å².